The lowest BCUT2D eigenvalue weighted by molar-refractivity contribution is -0.120. The van der Waals surface area contributed by atoms with E-state index in [1.54, 1.807) is 0 Å². The Hall–Kier alpha value is -2.10. The van der Waals surface area contributed by atoms with Crippen LogP contribution in [-0.4, -0.2) is 23.0 Å². The van der Waals surface area contributed by atoms with Crippen LogP contribution < -0.4 is 10.6 Å². The van der Waals surface area contributed by atoms with Crippen LogP contribution in [-0.2, 0) is 4.79 Å². The molecular weight excluding hydrogens is 250 g/mol. The quantitative estimate of drug-likeness (QED) is 0.902. The molecule has 2 rings (SSSR count). The molecule has 0 fully saturated rings. The van der Waals surface area contributed by atoms with Gasteiger partial charge in [0.05, 0.1) is 12.1 Å². The molecule has 1 aromatic carbocycles. The Bertz CT molecular complexity index is 629. The van der Waals surface area contributed by atoms with Crippen molar-refractivity contribution in [3.63, 3.8) is 0 Å². The van der Waals surface area contributed by atoms with Crippen LogP contribution in [0.15, 0.2) is 30.3 Å². The number of nitrogens with zero attached hydrogens (tertiary/aromatic N) is 1. The second kappa shape index (κ2) is 5.49. The number of hydrogen-bond donors (Lipinski definition) is 2. The first-order valence-corrected chi connectivity index (χ1v) is 6.76. The number of amides is 1. The molecular formula is C16H21N3O. The Labute approximate surface area is 119 Å². The van der Waals surface area contributed by atoms with Gasteiger partial charge >= 0.3 is 0 Å². The first-order chi connectivity index (χ1) is 9.35. The summed E-state index contributed by atoms with van der Waals surface area (Å²) in [6, 6.07) is 10.0. The summed E-state index contributed by atoms with van der Waals surface area (Å²) in [5.74, 6) is 0.722. The van der Waals surface area contributed by atoms with Crippen LogP contribution >= 0.6 is 0 Å². The Morgan fingerprint density at radius 1 is 1.25 bits per heavy atom. The van der Waals surface area contributed by atoms with Gasteiger partial charge in [0.15, 0.2) is 0 Å². The Kier molecular flexibility index (Phi) is 3.93. The van der Waals surface area contributed by atoms with E-state index in [4.69, 9.17) is 0 Å². The van der Waals surface area contributed by atoms with Crippen LogP contribution in [0.1, 0.15) is 26.3 Å². The highest BCUT2D eigenvalue weighted by molar-refractivity contribution is 5.84. The fourth-order valence-electron chi connectivity index (χ4n) is 2.03. The van der Waals surface area contributed by atoms with E-state index < -0.39 is 0 Å². The van der Waals surface area contributed by atoms with Crippen molar-refractivity contribution >= 4 is 22.6 Å². The third kappa shape index (κ3) is 3.70. The fourth-order valence-corrected chi connectivity index (χ4v) is 2.03. The molecule has 1 heterocycles. The first kappa shape index (κ1) is 14.3. The van der Waals surface area contributed by atoms with Gasteiger partial charge in [-0.05, 0) is 45.4 Å². The van der Waals surface area contributed by atoms with Crippen LogP contribution in [0.5, 0.6) is 0 Å². The van der Waals surface area contributed by atoms with E-state index in [9.17, 15) is 4.79 Å². The van der Waals surface area contributed by atoms with Crippen molar-refractivity contribution in [1.29, 1.82) is 0 Å². The SMILES string of the molecule is Cc1cc2ccccc2nc1NCC(=O)NC(C)(C)C. The van der Waals surface area contributed by atoms with Crippen molar-refractivity contribution < 1.29 is 4.79 Å². The van der Waals surface area contributed by atoms with Gasteiger partial charge in [0.2, 0.25) is 5.91 Å². The number of carbonyl (C=O) groups is 1. The molecule has 2 aromatic rings. The number of para-hydroxylation sites is 1. The van der Waals surface area contributed by atoms with Gasteiger partial charge < -0.3 is 10.6 Å². The minimum Gasteiger partial charge on any atom is -0.361 e. The largest absolute Gasteiger partial charge is 0.361 e. The molecule has 4 heteroatoms. The minimum atomic E-state index is -0.218. The van der Waals surface area contributed by atoms with E-state index >= 15 is 0 Å². The lowest BCUT2D eigenvalue weighted by atomic mass is 10.1. The number of pyridine rings is 1. The second-order valence-corrected chi connectivity index (χ2v) is 6.00. The number of hydrogen-bond acceptors (Lipinski definition) is 3. The average molecular weight is 271 g/mol. The number of benzene rings is 1. The monoisotopic (exact) mass is 271 g/mol. The van der Waals surface area contributed by atoms with E-state index in [1.807, 2.05) is 52.0 Å². The molecule has 0 bridgehead atoms. The molecule has 0 saturated heterocycles. The number of fused-ring (bicyclic) bond motifs is 1. The van der Waals surface area contributed by atoms with Gasteiger partial charge in [-0.15, -0.1) is 0 Å². The second-order valence-electron chi connectivity index (χ2n) is 6.00. The molecule has 106 valence electrons. The lowest BCUT2D eigenvalue weighted by Gasteiger charge is -2.20. The zero-order chi connectivity index (χ0) is 14.8. The molecule has 0 unspecified atom stereocenters. The molecule has 1 amide bonds. The van der Waals surface area contributed by atoms with Crippen molar-refractivity contribution in [2.24, 2.45) is 0 Å². The molecule has 0 radical (unpaired) electrons. The number of rotatable bonds is 3. The molecule has 0 spiro atoms. The number of aryl methyl sites for hydroxylation is 1. The van der Waals surface area contributed by atoms with Gasteiger partial charge in [-0.3, -0.25) is 4.79 Å². The fraction of sp³-hybridized carbons (Fsp3) is 0.375. The molecule has 0 aliphatic rings. The Balaban J connectivity index is 2.10. The summed E-state index contributed by atoms with van der Waals surface area (Å²) in [4.78, 5) is 16.4. The van der Waals surface area contributed by atoms with E-state index in [1.165, 1.54) is 0 Å². The van der Waals surface area contributed by atoms with Crippen molar-refractivity contribution in [2.45, 2.75) is 33.2 Å². The predicted octanol–water partition coefficient (Wildman–Crippen LogP) is 2.87. The molecule has 0 saturated carbocycles. The maximum Gasteiger partial charge on any atom is 0.239 e. The number of aromatic nitrogens is 1. The molecule has 0 atom stereocenters. The van der Waals surface area contributed by atoms with E-state index in [0.29, 0.717) is 0 Å². The normalized spacial score (nSPS) is 11.4. The molecule has 0 aliphatic carbocycles. The number of carbonyl (C=O) groups excluding carboxylic acids is 1. The van der Waals surface area contributed by atoms with Crippen molar-refractivity contribution in [3.8, 4) is 0 Å². The first-order valence-electron chi connectivity index (χ1n) is 6.76. The van der Waals surface area contributed by atoms with Gasteiger partial charge in [0, 0.05) is 10.9 Å². The number of nitrogens with one attached hydrogen (secondary N) is 2. The zero-order valence-corrected chi connectivity index (χ0v) is 12.4. The smallest absolute Gasteiger partial charge is 0.239 e. The molecule has 2 N–H and O–H groups in total. The summed E-state index contributed by atoms with van der Waals surface area (Å²) in [7, 11) is 0. The highest BCUT2D eigenvalue weighted by Crippen LogP contribution is 2.19. The van der Waals surface area contributed by atoms with Gasteiger partial charge in [0.1, 0.15) is 5.82 Å². The molecule has 0 aliphatic heterocycles. The van der Waals surface area contributed by atoms with Crippen LogP contribution in [0.2, 0.25) is 0 Å². The topological polar surface area (TPSA) is 54.0 Å². The van der Waals surface area contributed by atoms with Crippen molar-refractivity contribution in [3.05, 3.63) is 35.9 Å². The summed E-state index contributed by atoms with van der Waals surface area (Å²) in [5.41, 5.74) is 1.74. The van der Waals surface area contributed by atoms with E-state index in [2.05, 4.69) is 21.7 Å². The van der Waals surface area contributed by atoms with Crippen molar-refractivity contribution in [1.82, 2.24) is 10.3 Å². The zero-order valence-electron chi connectivity index (χ0n) is 12.4. The minimum absolute atomic E-state index is 0.0353. The molecule has 20 heavy (non-hydrogen) atoms. The molecule has 4 nitrogen and oxygen atoms in total. The summed E-state index contributed by atoms with van der Waals surface area (Å²) in [6.45, 7) is 8.10. The van der Waals surface area contributed by atoms with Crippen LogP contribution in [0.25, 0.3) is 10.9 Å². The van der Waals surface area contributed by atoms with Crippen LogP contribution in [0.4, 0.5) is 5.82 Å². The third-order valence-corrected chi connectivity index (χ3v) is 2.85. The van der Waals surface area contributed by atoms with Crippen molar-refractivity contribution in [2.75, 3.05) is 11.9 Å². The maximum absolute atomic E-state index is 11.8. The summed E-state index contributed by atoms with van der Waals surface area (Å²) in [6.07, 6.45) is 0. The maximum atomic E-state index is 11.8. The van der Waals surface area contributed by atoms with Crippen LogP contribution in [0, 0.1) is 6.92 Å². The van der Waals surface area contributed by atoms with E-state index in [-0.39, 0.29) is 18.0 Å². The van der Waals surface area contributed by atoms with Gasteiger partial charge in [0.25, 0.3) is 0 Å². The molecule has 1 aromatic heterocycles. The highest BCUT2D eigenvalue weighted by Gasteiger charge is 2.13. The van der Waals surface area contributed by atoms with E-state index in [0.717, 1.165) is 22.3 Å². The summed E-state index contributed by atoms with van der Waals surface area (Å²) in [5, 5.41) is 7.13. The van der Waals surface area contributed by atoms with Gasteiger partial charge in [-0.1, -0.05) is 18.2 Å². The van der Waals surface area contributed by atoms with Gasteiger partial charge in [-0.25, -0.2) is 4.98 Å². The number of anilines is 1. The summed E-state index contributed by atoms with van der Waals surface area (Å²) < 4.78 is 0. The highest BCUT2D eigenvalue weighted by atomic mass is 16.2. The average Bonchev–Trinajstić information content (AvgIpc) is 2.34. The summed E-state index contributed by atoms with van der Waals surface area (Å²) >= 11 is 0. The van der Waals surface area contributed by atoms with Gasteiger partial charge in [-0.2, -0.15) is 0 Å². The lowest BCUT2D eigenvalue weighted by Crippen LogP contribution is -2.43. The Morgan fingerprint density at radius 3 is 2.65 bits per heavy atom. The standard InChI is InChI=1S/C16H21N3O/c1-11-9-12-7-5-6-8-13(12)18-15(11)17-10-14(20)19-16(2,3)4/h5-9H,10H2,1-4H3,(H,17,18)(H,19,20). The third-order valence-electron chi connectivity index (χ3n) is 2.85. The van der Waals surface area contributed by atoms with Crippen LogP contribution in [0.3, 0.4) is 0 Å². The predicted molar refractivity (Wildman–Crippen MR) is 82.9 cm³/mol. The Morgan fingerprint density at radius 2 is 1.95 bits per heavy atom.